The first-order chi connectivity index (χ1) is 7.79. The molecule has 0 saturated heterocycles. The third-order valence-electron chi connectivity index (χ3n) is 1.50. The summed E-state index contributed by atoms with van der Waals surface area (Å²) in [6.07, 6.45) is -3.87. The normalized spacial score (nSPS) is 11.2. The molecule has 0 atom stereocenters. The van der Waals surface area contributed by atoms with Gasteiger partial charge in [-0.2, -0.15) is 8.78 Å². The van der Waals surface area contributed by atoms with Crippen LogP contribution in [0.2, 0.25) is 0 Å². The minimum atomic E-state index is -4.30. The summed E-state index contributed by atoms with van der Waals surface area (Å²) in [6, 6.07) is -1.15. The molecule has 0 aromatic rings. The molecule has 0 aliphatic heterocycles. The molecule has 0 bridgehead atoms. The first-order valence-corrected chi connectivity index (χ1v) is 4.63. The Bertz CT molecular complexity index is 273. The van der Waals surface area contributed by atoms with Crippen LogP contribution in [0.1, 0.15) is 6.92 Å². The molecule has 5 nitrogen and oxygen atoms in total. The average Bonchev–Trinajstić information content (AvgIpc) is 2.24. The standard InChI is InChI=1S/C8H12F4N2O3/c1-2-17-5(15)3-13-7(16)14-4-8(11,12)6(9)10/h6H,2-4H2,1H3,(H2,13,14,16). The second kappa shape index (κ2) is 6.92. The molecule has 2 N–H and O–H groups in total. The Kier molecular flexibility index (Phi) is 6.29. The van der Waals surface area contributed by atoms with Crippen LogP contribution < -0.4 is 10.6 Å². The molecule has 0 saturated carbocycles. The van der Waals surface area contributed by atoms with Crippen molar-refractivity contribution < 1.29 is 31.9 Å². The van der Waals surface area contributed by atoms with Gasteiger partial charge in [-0.25, -0.2) is 13.6 Å². The second-order valence-electron chi connectivity index (χ2n) is 2.90. The molecule has 0 rings (SSSR count). The summed E-state index contributed by atoms with van der Waals surface area (Å²) in [5, 5.41) is 3.39. The van der Waals surface area contributed by atoms with E-state index in [-0.39, 0.29) is 6.61 Å². The predicted octanol–water partition coefficient (Wildman–Crippen LogP) is 0.749. The first-order valence-electron chi connectivity index (χ1n) is 4.63. The molecule has 9 heteroatoms. The molecule has 0 aliphatic carbocycles. The number of alkyl halides is 4. The van der Waals surface area contributed by atoms with E-state index in [4.69, 9.17) is 0 Å². The van der Waals surface area contributed by atoms with Crippen molar-refractivity contribution in [3.05, 3.63) is 0 Å². The van der Waals surface area contributed by atoms with Crippen molar-refractivity contribution in [2.24, 2.45) is 0 Å². The second-order valence-corrected chi connectivity index (χ2v) is 2.90. The number of ether oxygens (including phenoxy) is 1. The molecule has 0 spiro atoms. The number of rotatable bonds is 6. The van der Waals surface area contributed by atoms with E-state index < -0.39 is 37.4 Å². The quantitative estimate of drug-likeness (QED) is 0.547. The van der Waals surface area contributed by atoms with Crippen molar-refractivity contribution in [3.63, 3.8) is 0 Å². The predicted molar refractivity (Wildman–Crippen MR) is 49.0 cm³/mol. The number of esters is 1. The highest BCUT2D eigenvalue weighted by Gasteiger charge is 2.40. The van der Waals surface area contributed by atoms with Crippen LogP contribution in [0.3, 0.4) is 0 Å². The smallest absolute Gasteiger partial charge is 0.325 e. The van der Waals surface area contributed by atoms with Gasteiger partial charge >= 0.3 is 24.3 Å². The number of halogens is 4. The van der Waals surface area contributed by atoms with Crippen molar-refractivity contribution in [3.8, 4) is 0 Å². The summed E-state index contributed by atoms with van der Waals surface area (Å²) in [5.41, 5.74) is 0. The number of hydrogen-bond donors (Lipinski definition) is 2. The maximum Gasteiger partial charge on any atom is 0.325 e. The van der Waals surface area contributed by atoms with Gasteiger partial charge in [0.05, 0.1) is 13.2 Å². The van der Waals surface area contributed by atoms with E-state index in [0.717, 1.165) is 0 Å². The lowest BCUT2D eigenvalue weighted by Gasteiger charge is -2.15. The van der Waals surface area contributed by atoms with Gasteiger partial charge in [-0.05, 0) is 6.92 Å². The maximum absolute atomic E-state index is 12.3. The van der Waals surface area contributed by atoms with E-state index in [2.05, 4.69) is 4.74 Å². The van der Waals surface area contributed by atoms with Gasteiger partial charge in [0, 0.05) is 0 Å². The van der Waals surface area contributed by atoms with Crippen molar-refractivity contribution in [2.45, 2.75) is 19.3 Å². The van der Waals surface area contributed by atoms with Crippen molar-refractivity contribution in [1.82, 2.24) is 10.6 Å². The molecular formula is C8H12F4N2O3. The van der Waals surface area contributed by atoms with E-state index in [9.17, 15) is 27.2 Å². The fraction of sp³-hybridized carbons (Fsp3) is 0.750. The lowest BCUT2D eigenvalue weighted by Crippen LogP contribution is -2.46. The van der Waals surface area contributed by atoms with Crippen LogP contribution in [-0.2, 0) is 9.53 Å². The summed E-state index contributed by atoms with van der Waals surface area (Å²) in [5.74, 6) is -5.07. The zero-order valence-corrected chi connectivity index (χ0v) is 8.94. The molecule has 0 aromatic heterocycles. The summed E-state index contributed by atoms with van der Waals surface area (Å²) < 4.78 is 52.5. The van der Waals surface area contributed by atoms with Crippen LogP contribution in [0.25, 0.3) is 0 Å². The highest BCUT2D eigenvalue weighted by molar-refractivity contribution is 5.80. The Hall–Kier alpha value is -1.54. The van der Waals surface area contributed by atoms with Gasteiger partial charge in [-0.1, -0.05) is 0 Å². The molecule has 100 valence electrons. The van der Waals surface area contributed by atoms with E-state index >= 15 is 0 Å². The van der Waals surface area contributed by atoms with Crippen LogP contribution in [0.5, 0.6) is 0 Å². The number of urea groups is 1. The van der Waals surface area contributed by atoms with Gasteiger partial charge in [0.1, 0.15) is 6.54 Å². The minimum Gasteiger partial charge on any atom is -0.465 e. The molecule has 0 heterocycles. The van der Waals surface area contributed by atoms with Crippen LogP contribution in [0.15, 0.2) is 0 Å². The van der Waals surface area contributed by atoms with Gasteiger partial charge in [-0.3, -0.25) is 4.79 Å². The summed E-state index contributed by atoms with van der Waals surface area (Å²) >= 11 is 0. The van der Waals surface area contributed by atoms with Crippen molar-refractivity contribution >= 4 is 12.0 Å². The lowest BCUT2D eigenvalue weighted by molar-refractivity contribution is -0.141. The van der Waals surface area contributed by atoms with Gasteiger partial charge in [0.25, 0.3) is 0 Å². The maximum atomic E-state index is 12.3. The van der Waals surface area contributed by atoms with E-state index in [1.807, 2.05) is 5.32 Å². The molecule has 0 fully saturated rings. The molecule has 0 radical (unpaired) electrons. The Morgan fingerprint density at radius 2 is 1.88 bits per heavy atom. The molecule has 17 heavy (non-hydrogen) atoms. The van der Waals surface area contributed by atoms with Gasteiger partial charge in [0.15, 0.2) is 0 Å². The van der Waals surface area contributed by atoms with E-state index in [0.29, 0.717) is 0 Å². The number of hydrogen-bond acceptors (Lipinski definition) is 3. The lowest BCUT2D eigenvalue weighted by atomic mass is 10.3. The fourth-order valence-corrected chi connectivity index (χ4v) is 0.702. The fourth-order valence-electron chi connectivity index (χ4n) is 0.702. The van der Waals surface area contributed by atoms with Gasteiger partial charge < -0.3 is 15.4 Å². The zero-order valence-electron chi connectivity index (χ0n) is 8.94. The third kappa shape index (κ3) is 6.59. The number of amides is 2. The van der Waals surface area contributed by atoms with Crippen molar-refractivity contribution in [2.75, 3.05) is 19.7 Å². The Balaban J connectivity index is 3.85. The highest BCUT2D eigenvalue weighted by Crippen LogP contribution is 2.21. The van der Waals surface area contributed by atoms with Crippen LogP contribution in [0.4, 0.5) is 22.4 Å². The largest absolute Gasteiger partial charge is 0.465 e. The van der Waals surface area contributed by atoms with E-state index in [1.165, 1.54) is 5.32 Å². The number of nitrogens with one attached hydrogen (secondary N) is 2. The Labute approximate surface area is 94.5 Å². The third-order valence-corrected chi connectivity index (χ3v) is 1.50. The van der Waals surface area contributed by atoms with Crippen LogP contribution in [0, 0.1) is 0 Å². The monoisotopic (exact) mass is 260 g/mol. The first kappa shape index (κ1) is 15.5. The summed E-state index contributed by atoms with van der Waals surface area (Å²) in [4.78, 5) is 21.5. The van der Waals surface area contributed by atoms with Crippen molar-refractivity contribution in [1.29, 1.82) is 0 Å². The summed E-state index contributed by atoms with van der Waals surface area (Å²) in [6.45, 7) is -0.397. The van der Waals surface area contributed by atoms with Gasteiger partial charge in [-0.15, -0.1) is 0 Å². The Morgan fingerprint density at radius 3 is 2.35 bits per heavy atom. The highest BCUT2D eigenvalue weighted by atomic mass is 19.3. The molecule has 0 aliphatic rings. The molecule has 0 aromatic carbocycles. The van der Waals surface area contributed by atoms with Crippen LogP contribution in [-0.4, -0.2) is 44.0 Å². The van der Waals surface area contributed by atoms with E-state index in [1.54, 1.807) is 6.92 Å². The average molecular weight is 260 g/mol. The number of carbonyl (C=O) groups excluding carboxylic acids is 2. The number of carbonyl (C=O) groups is 2. The van der Waals surface area contributed by atoms with Gasteiger partial charge in [0.2, 0.25) is 0 Å². The van der Waals surface area contributed by atoms with Crippen LogP contribution >= 0.6 is 0 Å². The summed E-state index contributed by atoms with van der Waals surface area (Å²) in [7, 11) is 0. The molecule has 0 unspecified atom stereocenters. The topological polar surface area (TPSA) is 67.4 Å². The molecule has 2 amide bonds. The zero-order chi connectivity index (χ0) is 13.5. The molecular weight excluding hydrogens is 248 g/mol. The Morgan fingerprint density at radius 1 is 1.29 bits per heavy atom. The minimum absolute atomic E-state index is 0.103. The SMILES string of the molecule is CCOC(=O)CNC(=O)NCC(F)(F)C(F)F.